The monoisotopic (exact) mass is 468 g/mol. The Morgan fingerprint density at radius 2 is 1.66 bits per heavy atom. The average molecular weight is 469 g/mol. The number of nitrogens with one attached hydrogen (secondary N) is 1. The summed E-state index contributed by atoms with van der Waals surface area (Å²) in [6.07, 6.45) is 3.48. The molecule has 0 atom stereocenters. The molecule has 2 heterocycles. The Labute approximate surface area is 199 Å². The van der Waals surface area contributed by atoms with E-state index in [1.165, 1.54) is 5.56 Å². The minimum Gasteiger partial charge on any atom is -0.324 e. The molecule has 2 aromatic carbocycles. The zero-order valence-electron chi connectivity index (χ0n) is 19.0. The summed E-state index contributed by atoms with van der Waals surface area (Å²) in [5, 5.41) is 4.57. The molecule has 0 bridgehead atoms. The van der Waals surface area contributed by atoms with Crippen molar-refractivity contribution >= 4 is 45.8 Å². The predicted octanol–water partition coefficient (Wildman–Crippen LogP) is 6.23. The highest BCUT2D eigenvalue weighted by Gasteiger charge is 2.40. The number of anilines is 1. The van der Waals surface area contributed by atoms with Gasteiger partial charge in [0.25, 0.3) is 0 Å². The fraction of sp³-hybridized carbons (Fsp3) is 0.400. The molecule has 0 radical (unpaired) electrons. The molecule has 0 aliphatic carbocycles. The summed E-state index contributed by atoms with van der Waals surface area (Å²) in [5.74, 6) is 0. The summed E-state index contributed by atoms with van der Waals surface area (Å²) in [6, 6.07) is 15.7. The van der Waals surface area contributed by atoms with E-state index in [0.717, 1.165) is 22.0 Å². The highest BCUT2D eigenvalue weighted by molar-refractivity contribution is 8.15. The van der Waals surface area contributed by atoms with Gasteiger partial charge in [-0.2, -0.15) is 0 Å². The molecular weight excluding hydrogens is 440 g/mol. The van der Waals surface area contributed by atoms with Crippen LogP contribution in [0, 0.1) is 0 Å². The number of benzene rings is 2. The second-order valence-electron chi connectivity index (χ2n) is 9.32. The van der Waals surface area contributed by atoms with Crippen molar-refractivity contribution in [1.29, 1.82) is 0 Å². The maximum absolute atomic E-state index is 12.7. The van der Waals surface area contributed by atoms with E-state index >= 15 is 0 Å². The molecule has 1 saturated heterocycles. The molecule has 32 heavy (non-hydrogen) atoms. The van der Waals surface area contributed by atoms with Gasteiger partial charge in [0.2, 0.25) is 0 Å². The lowest BCUT2D eigenvalue weighted by Gasteiger charge is -2.35. The number of halogens is 1. The van der Waals surface area contributed by atoms with Crippen LogP contribution in [0.1, 0.15) is 44.7 Å². The number of carbonyl (C=O) groups is 1. The van der Waals surface area contributed by atoms with Crippen LogP contribution >= 0.6 is 23.4 Å². The van der Waals surface area contributed by atoms with E-state index in [2.05, 4.69) is 50.4 Å². The van der Waals surface area contributed by atoms with Gasteiger partial charge in [0.05, 0.1) is 5.71 Å². The van der Waals surface area contributed by atoms with Crippen molar-refractivity contribution in [3.63, 3.8) is 0 Å². The lowest BCUT2D eigenvalue weighted by molar-refractivity contribution is 0.175. The minimum absolute atomic E-state index is 0.101. The number of hydrogen-bond donors (Lipinski definition) is 1. The molecule has 2 aliphatic rings. The van der Waals surface area contributed by atoms with Crippen molar-refractivity contribution in [1.82, 2.24) is 4.90 Å². The van der Waals surface area contributed by atoms with Gasteiger partial charge in [-0.05, 0) is 41.5 Å². The van der Waals surface area contributed by atoms with Crippen LogP contribution in [-0.2, 0) is 5.41 Å². The molecule has 7 heteroatoms. The fourth-order valence-corrected chi connectivity index (χ4v) is 4.75. The summed E-state index contributed by atoms with van der Waals surface area (Å²) in [6.45, 7) is 7.88. The van der Waals surface area contributed by atoms with E-state index in [0.29, 0.717) is 31.0 Å². The van der Waals surface area contributed by atoms with Crippen LogP contribution in [0.15, 0.2) is 58.5 Å². The Bertz CT molecular complexity index is 1050. The number of likely N-dealkylation sites (tertiary alicyclic amines) is 1. The van der Waals surface area contributed by atoms with Crippen LogP contribution in [-0.4, -0.2) is 46.7 Å². The van der Waals surface area contributed by atoms with Gasteiger partial charge in [-0.15, -0.1) is 11.8 Å². The molecule has 0 saturated carbocycles. The van der Waals surface area contributed by atoms with Gasteiger partial charge in [-0.25, -0.2) is 9.79 Å². The first-order chi connectivity index (χ1) is 15.2. The van der Waals surface area contributed by atoms with Crippen LogP contribution in [0.4, 0.5) is 10.5 Å². The highest BCUT2D eigenvalue weighted by Crippen LogP contribution is 2.35. The SMILES string of the molecule is CSC1=NC2(CCN(C(=O)Nc3ccc(Cl)cc3)CC2)N=C1c1ccc(C(C)(C)C)cc1. The Balaban J connectivity index is 1.46. The number of carbonyl (C=O) groups excluding carboxylic acids is 1. The Hall–Kier alpha value is -2.31. The lowest BCUT2D eigenvalue weighted by atomic mass is 9.86. The molecule has 5 nitrogen and oxygen atoms in total. The van der Waals surface area contributed by atoms with E-state index < -0.39 is 5.66 Å². The van der Waals surface area contributed by atoms with Crippen LogP contribution in [0.3, 0.4) is 0 Å². The number of urea groups is 1. The number of amides is 2. The summed E-state index contributed by atoms with van der Waals surface area (Å²) < 4.78 is 0. The van der Waals surface area contributed by atoms with Gasteiger partial charge in [-0.3, -0.25) is 4.99 Å². The second kappa shape index (κ2) is 8.91. The van der Waals surface area contributed by atoms with Crippen molar-refractivity contribution in [2.24, 2.45) is 9.98 Å². The first-order valence-corrected chi connectivity index (χ1v) is 12.5. The molecule has 1 fully saturated rings. The van der Waals surface area contributed by atoms with Gasteiger partial charge >= 0.3 is 6.03 Å². The van der Waals surface area contributed by atoms with Gasteiger partial charge < -0.3 is 10.2 Å². The van der Waals surface area contributed by atoms with E-state index in [1.54, 1.807) is 36.0 Å². The second-order valence-corrected chi connectivity index (χ2v) is 10.5. The standard InChI is InChI=1S/C25H29ClN4OS/c1-24(2,3)18-7-5-17(6-8-18)21-22(32-4)29-25(28-21)13-15-30(16-14-25)23(31)27-20-11-9-19(26)10-12-20/h5-12H,13-16H2,1-4H3,(H,27,31). The zero-order chi connectivity index (χ0) is 22.9. The first kappa shape index (κ1) is 22.9. The molecule has 1 spiro atoms. The molecule has 2 amide bonds. The molecule has 168 valence electrons. The summed E-state index contributed by atoms with van der Waals surface area (Å²) in [5.41, 5.74) is 3.77. The number of nitrogens with zero attached hydrogens (tertiary/aromatic N) is 3. The third-order valence-corrected chi connectivity index (χ3v) is 6.92. The van der Waals surface area contributed by atoms with Gasteiger partial charge in [-0.1, -0.05) is 56.6 Å². The van der Waals surface area contributed by atoms with Crippen LogP contribution < -0.4 is 5.32 Å². The van der Waals surface area contributed by atoms with E-state index in [4.69, 9.17) is 21.6 Å². The predicted molar refractivity (Wildman–Crippen MR) is 137 cm³/mol. The lowest BCUT2D eigenvalue weighted by Crippen LogP contribution is -2.46. The minimum atomic E-state index is -0.465. The normalized spacial score (nSPS) is 17.8. The largest absolute Gasteiger partial charge is 0.324 e. The van der Waals surface area contributed by atoms with Crippen molar-refractivity contribution in [3.8, 4) is 0 Å². The molecular formula is C25H29ClN4OS. The first-order valence-electron chi connectivity index (χ1n) is 10.9. The maximum atomic E-state index is 12.7. The Kier molecular flexibility index (Phi) is 6.37. The number of piperidine rings is 1. The number of thioether (sulfide) groups is 1. The van der Waals surface area contributed by atoms with Crippen molar-refractivity contribution in [3.05, 3.63) is 64.7 Å². The quantitative estimate of drug-likeness (QED) is 0.568. The summed E-state index contributed by atoms with van der Waals surface area (Å²) >= 11 is 7.56. The average Bonchev–Trinajstić information content (AvgIpc) is 3.13. The van der Waals surface area contributed by atoms with Gasteiger partial charge in [0.15, 0.2) is 5.66 Å². The summed E-state index contributed by atoms with van der Waals surface area (Å²) in [4.78, 5) is 24.6. The number of hydrogen-bond acceptors (Lipinski definition) is 4. The number of rotatable bonds is 2. The maximum Gasteiger partial charge on any atom is 0.321 e. The van der Waals surface area contributed by atoms with Crippen molar-refractivity contribution < 1.29 is 4.79 Å². The Morgan fingerprint density at radius 3 is 2.22 bits per heavy atom. The molecule has 0 aromatic heterocycles. The third kappa shape index (κ3) is 4.86. The zero-order valence-corrected chi connectivity index (χ0v) is 20.6. The van der Waals surface area contributed by atoms with Crippen molar-refractivity contribution in [2.45, 2.75) is 44.7 Å². The van der Waals surface area contributed by atoms with E-state index in [9.17, 15) is 4.79 Å². The van der Waals surface area contributed by atoms with Crippen LogP contribution in [0.5, 0.6) is 0 Å². The third-order valence-electron chi connectivity index (χ3n) is 6.00. The molecule has 4 rings (SSSR count). The van der Waals surface area contributed by atoms with Crippen LogP contribution in [0.25, 0.3) is 0 Å². The molecule has 2 aliphatic heterocycles. The van der Waals surface area contributed by atoms with Gasteiger partial charge in [0, 0.05) is 42.2 Å². The van der Waals surface area contributed by atoms with E-state index in [1.807, 2.05) is 11.2 Å². The molecule has 1 N–H and O–H groups in total. The van der Waals surface area contributed by atoms with E-state index in [-0.39, 0.29) is 11.4 Å². The highest BCUT2D eigenvalue weighted by atomic mass is 35.5. The van der Waals surface area contributed by atoms with Crippen molar-refractivity contribution in [2.75, 3.05) is 24.7 Å². The fourth-order valence-electron chi connectivity index (χ4n) is 4.01. The molecule has 0 unspecified atom stereocenters. The summed E-state index contributed by atoms with van der Waals surface area (Å²) in [7, 11) is 0. The topological polar surface area (TPSA) is 57.1 Å². The smallest absolute Gasteiger partial charge is 0.321 e. The van der Waals surface area contributed by atoms with Gasteiger partial charge in [0.1, 0.15) is 5.04 Å². The number of aliphatic imine (C=N–C) groups is 2. The van der Waals surface area contributed by atoms with Crippen LogP contribution in [0.2, 0.25) is 5.02 Å². The Morgan fingerprint density at radius 1 is 1.03 bits per heavy atom. The molecule has 2 aromatic rings.